The van der Waals surface area contributed by atoms with Crippen LogP contribution in [0.3, 0.4) is 0 Å². The maximum atomic E-state index is 12.0. The first-order valence-corrected chi connectivity index (χ1v) is 9.02. The molecule has 1 aliphatic rings. The minimum Gasteiger partial charge on any atom is -0.491 e. The molecular weight excluding hydrogens is 304 g/mol. The normalized spacial score (nSPS) is 18.1. The second kappa shape index (κ2) is 7.11. The summed E-state index contributed by atoms with van der Waals surface area (Å²) in [5, 5.41) is 2.71. The number of amides is 1. The monoisotopic (exact) mass is 326 g/mol. The van der Waals surface area contributed by atoms with Crippen LogP contribution in [0.25, 0.3) is 0 Å². The third-order valence-corrected chi connectivity index (χ3v) is 5.19. The third-order valence-electron chi connectivity index (χ3n) is 3.28. The van der Waals surface area contributed by atoms with Crippen molar-refractivity contribution in [2.24, 2.45) is 0 Å². The van der Waals surface area contributed by atoms with E-state index in [1.807, 2.05) is 13.8 Å². The molecule has 6 nitrogen and oxygen atoms in total. The van der Waals surface area contributed by atoms with Crippen LogP contribution in [0.2, 0.25) is 0 Å². The summed E-state index contributed by atoms with van der Waals surface area (Å²) in [5.74, 6) is 0.524. The topological polar surface area (TPSA) is 75.7 Å². The molecule has 1 aromatic carbocycles. The van der Waals surface area contributed by atoms with Crippen molar-refractivity contribution >= 4 is 21.6 Å². The van der Waals surface area contributed by atoms with Crippen molar-refractivity contribution in [3.63, 3.8) is 0 Å². The van der Waals surface area contributed by atoms with Gasteiger partial charge in [0.15, 0.2) is 0 Å². The summed E-state index contributed by atoms with van der Waals surface area (Å²) in [4.78, 5) is 12.0. The van der Waals surface area contributed by atoms with E-state index in [1.54, 1.807) is 24.3 Å². The van der Waals surface area contributed by atoms with E-state index in [2.05, 4.69) is 5.32 Å². The quantitative estimate of drug-likeness (QED) is 0.896. The van der Waals surface area contributed by atoms with Crippen LogP contribution in [0.5, 0.6) is 5.75 Å². The Labute approximate surface area is 131 Å². The molecule has 0 unspecified atom stereocenters. The fraction of sp³-hybridized carbons (Fsp3) is 0.533. The number of rotatable bonds is 5. The SMILES string of the molecule is CC(C)Oc1ccc(NC(=O)CN2CCCCS2(=O)=O)cc1. The van der Waals surface area contributed by atoms with Crippen molar-refractivity contribution < 1.29 is 17.9 Å². The predicted molar refractivity (Wildman–Crippen MR) is 85.4 cm³/mol. The molecule has 1 aromatic rings. The van der Waals surface area contributed by atoms with Gasteiger partial charge in [-0.3, -0.25) is 4.79 Å². The van der Waals surface area contributed by atoms with Crippen molar-refractivity contribution in [2.45, 2.75) is 32.8 Å². The molecule has 0 saturated carbocycles. The Morgan fingerprint density at radius 1 is 1.27 bits per heavy atom. The fourth-order valence-corrected chi connectivity index (χ4v) is 3.82. The van der Waals surface area contributed by atoms with E-state index in [-0.39, 0.29) is 24.3 Å². The van der Waals surface area contributed by atoms with E-state index in [0.29, 0.717) is 18.7 Å². The summed E-state index contributed by atoms with van der Waals surface area (Å²) in [7, 11) is -3.28. The van der Waals surface area contributed by atoms with E-state index in [4.69, 9.17) is 4.74 Å². The van der Waals surface area contributed by atoms with Gasteiger partial charge in [0.1, 0.15) is 5.75 Å². The summed E-state index contributed by atoms with van der Waals surface area (Å²) in [6.45, 7) is 4.16. The maximum absolute atomic E-state index is 12.0. The molecule has 1 fully saturated rings. The van der Waals surface area contributed by atoms with E-state index >= 15 is 0 Å². The second-order valence-electron chi connectivity index (χ2n) is 5.60. The van der Waals surface area contributed by atoms with Crippen molar-refractivity contribution in [3.8, 4) is 5.75 Å². The number of benzene rings is 1. The number of carbonyl (C=O) groups excluding carboxylic acids is 1. The number of carbonyl (C=O) groups is 1. The molecular formula is C15H22N2O4S. The van der Waals surface area contributed by atoms with Crippen LogP contribution in [-0.2, 0) is 14.8 Å². The van der Waals surface area contributed by atoms with E-state index in [1.165, 1.54) is 4.31 Å². The zero-order valence-electron chi connectivity index (χ0n) is 12.9. The lowest BCUT2D eigenvalue weighted by molar-refractivity contribution is -0.116. The fourth-order valence-electron chi connectivity index (χ4n) is 2.27. The predicted octanol–water partition coefficient (Wildman–Crippen LogP) is 1.84. The summed E-state index contributed by atoms with van der Waals surface area (Å²) >= 11 is 0. The lowest BCUT2D eigenvalue weighted by atomic mass is 10.3. The highest BCUT2D eigenvalue weighted by molar-refractivity contribution is 7.89. The molecule has 0 aromatic heterocycles. The van der Waals surface area contributed by atoms with Crippen LogP contribution < -0.4 is 10.1 Å². The Balaban J connectivity index is 1.91. The Morgan fingerprint density at radius 3 is 2.55 bits per heavy atom. The van der Waals surface area contributed by atoms with Gasteiger partial charge in [0.2, 0.25) is 15.9 Å². The number of anilines is 1. The van der Waals surface area contributed by atoms with E-state index in [0.717, 1.165) is 12.2 Å². The summed E-state index contributed by atoms with van der Waals surface area (Å²) in [6.07, 6.45) is 1.55. The lowest BCUT2D eigenvalue weighted by Crippen LogP contribution is -2.42. The molecule has 1 amide bonds. The molecule has 122 valence electrons. The number of sulfonamides is 1. The average Bonchev–Trinajstić information content (AvgIpc) is 2.43. The number of nitrogens with zero attached hydrogens (tertiary/aromatic N) is 1. The highest BCUT2D eigenvalue weighted by Gasteiger charge is 2.27. The van der Waals surface area contributed by atoms with Crippen molar-refractivity contribution in [1.29, 1.82) is 0 Å². The van der Waals surface area contributed by atoms with Gasteiger partial charge in [-0.25, -0.2) is 8.42 Å². The largest absolute Gasteiger partial charge is 0.491 e. The van der Waals surface area contributed by atoms with Crippen LogP contribution in [-0.4, -0.2) is 43.6 Å². The van der Waals surface area contributed by atoms with Crippen molar-refractivity contribution in [1.82, 2.24) is 4.31 Å². The van der Waals surface area contributed by atoms with Gasteiger partial charge in [-0.15, -0.1) is 0 Å². The zero-order valence-corrected chi connectivity index (χ0v) is 13.7. The molecule has 22 heavy (non-hydrogen) atoms. The first kappa shape index (κ1) is 16.8. The summed E-state index contributed by atoms with van der Waals surface area (Å²) in [6, 6.07) is 7.02. The molecule has 7 heteroatoms. The molecule has 0 atom stereocenters. The molecule has 1 heterocycles. The van der Waals surface area contributed by atoms with Crippen LogP contribution in [0.1, 0.15) is 26.7 Å². The Hall–Kier alpha value is -1.60. The van der Waals surface area contributed by atoms with Gasteiger partial charge in [-0.2, -0.15) is 4.31 Å². The van der Waals surface area contributed by atoms with Crippen LogP contribution in [0.4, 0.5) is 5.69 Å². The standard InChI is InChI=1S/C15H22N2O4S/c1-12(2)21-14-7-5-13(6-8-14)16-15(18)11-17-9-3-4-10-22(17,19)20/h5-8,12H,3-4,9-11H2,1-2H3,(H,16,18). The smallest absolute Gasteiger partial charge is 0.239 e. The molecule has 0 bridgehead atoms. The minimum absolute atomic E-state index is 0.0877. The molecule has 1 aliphatic heterocycles. The van der Waals surface area contributed by atoms with Crippen LogP contribution in [0, 0.1) is 0 Å². The van der Waals surface area contributed by atoms with E-state index < -0.39 is 10.0 Å². The first-order valence-electron chi connectivity index (χ1n) is 7.41. The first-order chi connectivity index (χ1) is 10.4. The van der Waals surface area contributed by atoms with E-state index in [9.17, 15) is 13.2 Å². The van der Waals surface area contributed by atoms with Crippen LogP contribution >= 0.6 is 0 Å². The Kier molecular flexibility index (Phi) is 5.42. The lowest BCUT2D eigenvalue weighted by Gasteiger charge is -2.25. The molecule has 1 N–H and O–H groups in total. The minimum atomic E-state index is -3.28. The summed E-state index contributed by atoms with van der Waals surface area (Å²) < 4.78 is 30.5. The number of hydrogen-bond acceptors (Lipinski definition) is 4. The number of nitrogens with one attached hydrogen (secondary N) is 1. The Bertz CT molecular complexity index is 611. The van der Waals surface area contributed by atoms with Crippen LogP contribution in [0.15, 0.2) is 24.3 Å². The van der Waals surface area contributed by atoms with Gasteiger partial charge in [0, 0.05) is 12.2 Å². The molecule has 0 radical (unpaired) electrons. The zero-order chi connectivity index (χ0) is 16.2. The number of ether oxygens (including phenoxy) is 1. The molecule has 2 rings (SSSR count). The van der Waals surface area contributed by atoms with Gasteiger partial charge in [0.05, 0.1) is 18.4 Å². The van der Waals surface area contributed by atoms with Gasteiger partial charge in [-0.1, -0.05) is 0 Å². The molecule has 1 saturated heterocycles. The highest BCUT2D eigenvalue weighted by Crippen LogP contribution is 2.17. The second-order valence-corrected chi connectivity index (χ2v) is 7.68. The molecule has 0 spiro atoms. The van der Waals surface area contributed by atoms with Gasteiger partial charge in [0.25, 0.3) is 0 Å². The highest BCUT2D eigenvalue weighted by atomic mass is 32.2. The van der Waals surface area contributed by atoms with Gasteiger partial charge in [-0.05, 0) is 51.0 Å². The Morgan fingerprint density at radius 2 is 1.95 bits per heavy atom. The van der Waals surface area contributed by atoms with Gasteiger partial charge >= 0.3 is 0 Å². The van der Waals surface area contributed by atoms with Crippen molar-refractivity contribution in [3.05, 3.63) is 24.3 Å². The number of hydrogen-bond donors (Lipinski definition) is 1. The molecule has 0 aliphatic carbocycles. The maximum Gasteiger partial charge on any atom is 0.239 e. The average molecular weight is 326 g/mol. The summed E-state index contributed by atoms with van der Waals surface area (Å²) in [5.41, 5.74) is 0.621. The van der Waals surface area contributed by atoms with Crippen molar-refractivity contribution in [2.75, 3.05) is 24.2 Å². The third kappa shape index (κ3) is 4.71. The van der Waals surface area contributed by atoms with Gasteiger partial charge < -0.3 is 10.1 Å².